The van der Waals surface area contributed by atoms with Gasteiger partial charge >= 0.3 is 0 Å². The number of nitrogens with two attached hydrogens (primary N) is 1. The number of carbonyl (C=O) groups excluding carboxylic acids is 1. The van der Waals surface area contributed by atoms with E-state index >= 15 is 0 Å². The quantitative estimate of drug-likeness (QED) is 0.633. The lowest BCUT2D eigenvalue weighted by Crippen LogP contribution is -2.29. The van der Waals surface area contributed by atoms with Crippen LogP contribution in [0.15, 0.2) is 47.5 Å². The summed E-state index contributed by atoms with van der Waals surface area (Å²) in [6.45, 7) is 1.86. The summed E-state index contributed by atoms with van der Waals surface area (Å²) in [6.07, 6.45) is 0.771. The number of benzene rings is 2. The molecular formula is C21H19F2N3OS. The number of hydrogen-bond donors (Lipinski definition) is 2. The maximum Gasteiger partial charge on any atom is 0.183 e. The van der Waals surface area contributed by atoms with Gasteiger partial charge in [-0.3, -0.25) is 9.79 Å². The molecular weight excluding hydrogens is 380 g/mol. The van der Waals surface area contributed by atoms with Crippen LogP contribution in [0.1, 0.15) is 35.0 Å². The number of carbonyl (C=O) groups is 1. The molecule has 1 aliphatic rings. The summed E-state index contributed by atoms with van der Waals surface area (Å²) in [5.41, 5.74) is 7.34. The van der Waals surface area contributed by atoms with E-state index in [0.29, 0.717) is 39.3 Å². The molecule has 0 saturated carbocycles. The molecule has 1 atom stereocenters. The van der Waals surface area contributed by atoms with Gasteiger partial charge in [0.2, 0.25) is 0 Å². The molecule has 0 radical (unpaired) electrons. The summed E-state index contributed by atoms with van der Waals surface area (Å²) in [5.74, 6) is -0.0998. The number of halogens is 2. The van der Waals surface area contributed by atoms with E-state index in [1.807, 2.05) is 6.92 Å². The van der Waals surface area contributed by atoms with Crippen molar-refractivity contribution >= 4 is 33.6 Å². The zero-order valence-corrected chi connectivity index (χ0v) is 16.1. The van der Waals surface area contributed by atoms with E-state index in [-0.39, 0.29) is 23.8 Å². The van der Waals surface area contributed by atoms with Crippen LogP contribution in [-0.4, -0.2) is 21.7 Å². The first kappa shape index (κ1) is 18.7. The fourth-order valence-electron chi connectivity index (χ4n) is 3.51. The molecule has 4 rings (SSSR count). The van der Waals surface area contributed by atoms with Crippen molar-refractivity contribution in [2.24, 2.45) is 10.7 Å². The molecule has 0 aliphatic carbocycles. The third kappa shape index (κ3) is 3.54. The van der Waals surface area contributed by atoms with Crippen LogP contribution in [0.2, 0.25) is 0 Å². The highest BCUT2D eigenvalue weighted by Crippen LogP contribution is 2.36. The summed E-state index contributed by atoms with van der Waals surface area (Å²) < 4.78 is 27.9. The van der Waals surface area contributed by atoms with E-state index < -0.39 is 5.54 Å². The number of thioether (sulfide) groups is 1. The first-order valence-electron chi connectivity index (χ1n) is 8.92. The molecule has 0 amide bonds. The number of aromatic amines is 1. The first-order valence-corrected chi connectivity index (χ1v) is 9.91. The summed E-state index contributed by atoms with van der Waals surface area (Å²) in [5, 5.41) is 1.08. The second-order valence-corrected chi connectivity index (χ2v) is 8.27. The van der Waals surface area contributed by atoms with E-state index in [2.05, 4.69) is 9.98 Å². The number of aliphatic imine (C=N–C) groups is 1. The van der Waals surface area contributed by atoms with Crippen molar-refractivity contribution in [3.63, 3.8) is 0 Å². The van der Waals surface area contributed by atoms with Crippen LogP contribution < -0.4 is 5.73 Å². The summed E-state index contributed by atoms with van der Waals surface area (Å²) in [6, 6.07) is 10.6. The monoisotopic (exact) mass is 399 g/mol. The molecule has 0 bridgehead atoms. The number of aromatic nitrogens is 1. The van der Waals surface area contributed by atoms with Crippen LogP contribution >= 0.6 is 11.8 Å². The Bertz CT molecular complexity index is 1110. The number of H-pyrrole nitrogens is 1. The van der Waals surface area contributed by atoms with Gasteiger partial charge in [-0.2, -0.15) is 0 Å². The number of rotatable bonds is 4. The van der Waals surface area contributed by atoms with Crippen molar-refractivity contribution in [3.05, 3.63) is 70.9 Å². The number of nitrogens with one attached hydrogen (secondary N) is 1. The average Bonchev–Trinajstić information content (AvgIpc) is 3.06. The Balaban J connectivity index is 1.62. The van der Waals surface area contributed by atoms with Crippen molar-refractivity contribution < 1.29 is 13.6 Å². The molecule has 2 aromatic carbocycles. The Morgan fingerprint density at radius 1 is 1.25 bits per heavy atom. The minimum absolute atomic E-state index is 0.104. The topological polar surface area (TPSA) is 71.2 Å². The fraction of sp³-hybridized carbons (Fsp3) is 0.238. The van der Waals surface area contributed by atoms with Gasteiger partial charge in [0.25, 0.3) is 0 Å². The standard InChI is InChI=1S/C21H19F2N3OS/c1-21(6-7-28-20(24)26-21)15-8-12(2-4-16(15)23)9-19(27)18-11-13-10-14(22)3-5-17(13)25-18/h2-5,8,10-11,25H,6-7,9H2,1H3,(H2,24,26)/t21-/m0/s1. The Morgan fingerprint density at radius 3 is 2.86 bits per heavy atom. The minimum atomic E-state index is -0.739. The highest BCUT2D eigenvalue weighted by molar-refractivity contribution is 8.13. The molecule has 1 aliphatic heterocycles. The van der Waals surface area contributed by atoms with Crippen molar-refractivity contribution in [1.82, 2.24) is 4.98 Å². The smallest absolute Gasteiger partial charge is 0.183 e. The minimum Gasteiger partial charge on any atom is -0.379 e. The molecule has 3 aromatic rings. The zero-order valence-electron chi connectivity index (χ0n) is 15.3. The molecule has 7 heteroatoms. The third-order valence-corrected chi connectivity index (χ3v) is 5.85. The highest BCUT2D eigenvalue weighted by Gasteiger charge is 2.32. The maximum atomic E-state index is 14.5. The molecule has 144 valence electrons. The average molecular weight is 399 g/mol. The Hall–Kier alpha value is -2.67. The number of fused-ring (bicyclic) bond motifs is 1. The Labute approximate surface area is 165 Å². The number of Topliss-reactive ketones (excluding diaryl/α,β-unsaturated/α-hetero) is 1. The molecule has 0 saturated heterocycles. The van der Waals surface area contributed by atoms with E-state index in [1.54, 1.807) is 24.3 Å². The highest BCUT2D eigenvalue weighted by atomic mass is 32.2. The second kappa shape index (κ2) is 7.05. The van der Waals surface area contributed by atoms with Crippen LogP contribution in [0.3, 0.4) is 0 Å². The summed E-state index contributed by atoms with van der Waals surface area (Å²) in [4.78, 5) is 20.2. The van der Waals surface area contributed by atoms with Gasteiger partial charge in [0.1, 0.15) is 11.6 Å². The number of nitrogens with zero attached hydrogens (tertiary/aromatic N) is 1. The largest absolute Gasteiger partial charge is 0.379 e. The molecule has 2 heterocycles. The molecule has 1 aromatic heterocycles. The second-order valence-electron chi connectivity index (χ2n) is 7.15. The molecule has 0 unspecified atom stereocenters. The normalized spacial score (nSPS) is 19.6. The van der Waals surface area contributed by atoms with Gasteiger partial charge in [0.05, 0.1) is 11.2 Å². The van der Waals surface area contributed by atoms with Crippen molar-refractivity contribution in [2.75, 3.05) is 5.75 Å². The van der Waals surface area contributed by atoms with E-state index in [1.165, 1.54) is 30.0 Å². The van der Waals surface area contributed by atoms with Crippen LogP contribution in [0, 0.1) is 11.6 Å². The van der Waals surface area contributed by atoms with E-state index in [0.717, 1.165) is 5.75 Å². The number of amidine groups is 1. The third-order valence-electron chi connectivity index (χ3n) is 5.05. The lowest BCUT2D eigenvalue weighted by Gasteiger charge is -2.30. The van der Waals surface area contributed by atoms with Gasteiger partial charge < -0.3 is 10.7 Å². The molecule has 0 spiro atoms. The Morgan fingerprint density at radius 2 is 2.07 bits per heavy atom. The Kier molecular flexibility index (Phi) is 4.71. The molecule has 3 N–H and O–H groups in total. The van der Waals surface area contributed by atoms with Crippen molar-refractivity contribution in [3.8, 4) is 0 Å². The van der Waals surface area contributed by atoms with Gasteiger partial charge in [-0.05, 0) is 55.3 Å². The van der Waals surface area contributed by atoms with E-state index in [4.69, 9.17) is 5.73 Å². The van der Waals surface area contributed by atoms with Crippen LogP contribution in [-0.2, 0) is 12.0 Å². The van der Waals surface area contributed by atoms with Crippen LogP contribution in [0.4, 0.5) is 8.78 Å². The van der Waals surface area contributed by atoms with Gasteiger partial charge in [0.15, 0.2) is 11.0 Å². The van der Waals surface area contributed by atoms with Crippen LogP contribution in [0.25, 0.3) is 10.9 Å². The van der Waals surface area contributed by atoms with Crippen molar-refractivity contribution in [1.29, 1.82) is 0 Å². The molecule has 28 heavy (non-hydrogen) atoms. The van der Waals surface area contributed by atoms with Gasteiger partial charge in [-0.25, -0.2) is 8.78 Å². The molecule has 0 fully saturated rings. The van der Waals surface area contributed by atoms with Gasteiger partial charge in [-0.15, -0.1) is 0 Å². The van der Waals surface area contributed by atoms with Gasteiger partial charge in [-0.1, -0.05) is 17.8 Å². The number of ketones is 1. The number of hydrogen-bond acceptors (Lipinski definition) is 4. The SMILES string of the molecule is C[C@@]1(c2cc(CC(=O)c3cc4cc(F)ccc4[nH]3)ccc2F)CCSC(N)=N1. The lowest BCUT2D eigenvalue weighted by atomic mass is 9.87. The fourth-order valence-corrected chi connectivity index (χ4v) is 4.48. The van der Waals surface area contributed by atoms with Crippen molar-refractivity contribution in [2.45, 2.75) is 25.3 Å². The molecule has 4 nitrogen and oxygen atoms in total. The zero-order chi connectivity index (χ0) is 19.9. The summed E-state index contributed by atoms with van der Waals surface area (Å²) >= 11 is 1.46. The maximum absolute atomic E-state index is 14.5. The first-order chi connectivity index (χ1) is 13.3. The van der Waals surface area contributed by atoms with Crippen LogP contribution in [0.5, 0.6) is 0 Å². The predicted molar refractivity (Wildman–Crippen MR) is 109 cm³/mol. The van der Waals surface area contributed by atoms with E-state index in [9.17, 15) is 13.6 Å². The predicted octanol–water partition coefficient (Wildman–Crippen LogP) is 4.54. The summed E-state index contributed by atoms with van der Waals surface area (Å²) in [7, 11) is 0. The van der Waals surface area contributed by atoms with Gasteiger partial charge in [0, 0.05) is 28.6 Å². The lowest BCUT2D eigenvalue weighted by molar-refractivity contribution is 0.0989.